The number of hydrogen-bond donors (Lipinski definition) is 0. The maximum atomic E-state index is 5.25. The standard InChI is InChI=1S/C41H61N5/c1-12-16-27-46(26-14-3)40-30-38(43(9)28-23-37(32(5)6)35-21-18-17-19-22-35)42-39(45(40)11)29-33(7)41(24-25-41)31-34(8)44(10)36(15-4)20-13-2/h12,15,17-19,21-23,28-32,37H,1,7,13-14,16,20,24-27H2,2-6,8-11H3/b28-23-,34-31-,36-15-,39-29-. The Kier molecular flexibility index (Phi) is 13.8. The number of hydrogen-bond acceptors (Lipinski definition) is 5. The predicted molar refractivity (Wildman–Crippen MR) is 200 cm³/mol. The van der Waals surface area contributed by atoms with Crippen molar-refractivity contribution in [2.24, 2.45) is 16.3 Å². The molecule has 0 saturated heterocycles. The molecule has 1 saturated carbocycles. The summed E-state index contributed by atoms with van der Waals surface area (Å²) in [7, 11) is 6.43. The van der Waals surface area contributed by atoms with Gasteiger partial charge in [0, 0.05) is 69.2 Å². The topological polar surface area (TPSA) is 25.3 Å². The van der Waals surface area contributed by atoms with Gasteiger partial charge in [-0.3, -0.25) is 0 Å². The van der Waals surface area contributed by atoms with E-state index in [4.69, 9.17) is 4.99 Å². The number of benzene rings is 1. The molecule has 1 atom stereocenters. The Morgan fingerprint density at radius 3 is 2.35 bits per heavy atom. The van der Waals surface area contributed by atoms with Crippen LogP contribution in [0.15, 0.2) is 120 Å². The van der Waals surface area contributed by atoms with Gasteiger partial charge in [0.15, 0.2) is 0 Å². The fourth-order valence-electron chi connectivity index (χ4n) is 6.19. The van der Waals surface area contributed by atoms with E-state index in [1.165, 1.54) is 17.0 Å². The summed E-state index contributed by atoms with van der Waals surface area (Å²) in [5.74, 6) is 3.80. The fourth-order valence-corrected chi connectivity index (χ4v) is 6.19. The molecule has 1 unspecified atom stereocenters. The highest BCUT2D eigenvalue weighted by molar-refractivity contribution is 5.95. The zero-order chi connectivity index (χ0) is 33.9. The first kappa shape index (κ1) is 36.7. The molecule has 1 aliphatic carbocycles. The van der Waals surface area contributed by atoms with Gasteiger partial charge in [-0.15, -0.1) is 6.58 Å². The third kappa shape index (κ3) is 9.40. The Morgan fingerprint density at radius 1 is 1.09 bits per heavy atom. The summed E-state index contributed by atoms with van der Waals surface area (Å²) in [5.41, 5.74) is 5.08. The number of nitrogens with zero attached hydrogens (tertiary/aromatic N) is 5. The van der Waals surface area contributed by atoms with E-state index in [0.717, 1.165) is 74.7 Å². The molecule has 1 fully saturated rings. The molecular weight excluding hydrogens is 562 g/mol. The minimum Gasteiger partial charge on any atom is -0.358 e. The highest BCUT2D eigenvalue weighted by Gasteiger charge is 2.43. The molecule has 0 aromatic heterocycles. The van der Waals surface area contributed by atoms with Gasteiger partial charge in [0.25, 0.3) is 0 Å². The van der Waals surface area contributed by atoms with Gasteiger partial charge in [-0.1, -0.05) is 95.3 Å². The van der Waals surface area contributed by atoms with Crippen LogP contribution in [0.4, 0.5) is 0 Å². The Morgan fingerprint density at radius 2 is 1.78 bits per heavy atom. The van der Waals surface area contributed by atoms with Crippen molar-refractivity contribution in [1.82, 2.24) is 19.6 Å². The van der Waals surface area contributed by atoms with Crippen LogP contribution < -0.4 is 0 Å². The van der Waals surface area contributed by atoms with Gasteiger partial charge in [0.1, 0.15) is 17.5 Å². The monoisotopic (exact) mass is 623 g/mol. The van der Waals surface area contributed by atoms with Crippen LogP contribution in [0.2, 0.25) is 0 Å². The highest BCUT2D eigenvalue weighted by Crippen LogP contribution is 2.54. The van der Waals surface area contributed by atoms with E-state index in [9.17, 15) is 0 Å². The van der Waals surface area contributed by atoms with Crippen LogP contribution in [0.3, 0.4) is 0 Å². The molecule has 250 valence electrons. The minimum atomic E-state index is -0.0216. The van der Waals surface area contributed by atoms with Crippen molar-refractivity contribution in [3.05, 3.63) is 120 Å². The third-order valence-electron chi connectivity index (χ3n) is 9.39. The van der Waals surface area contributed by atoms with Crippen LogP contribution in [-0.2, 0) is 0 Å². The van der Waals surface area contributed by atoms with Gasteiger partial charge in [-0.25, -0.2) is 4.99 Å². The van der Waals surface area contributed by atoms with E-state index in [1.54, 1.807) is 0 Å². The summed E-state index contributed by atoms with van der Waals surface area (Å²) >= 11 is 0. The number of allylic oxidation sites excluding steroid dienone is 7. The SMILES string of the molecule is C=CCCN(CCC)C1=CC(N(C)/C=C\C(c2ccccc2)C(C)C)=N/C(=C/C(=C)C2(/C=C(/C)N(C)/C(=C\C)CCC)CC2)N1C. The van der Waals surface area contributed by atoms with Gasteiger partial charge >= 0.3 is 0 Å². The minimum absolute atomic E-state index is 0.0216. The third-order valence-corrected chi connectivity index (χ3v) is 9.39. The average molecular weight is 624 g/mol. The summed E-state index contributed by atoms with van der Waals surface area (Å²) in [6.07, 6.45) is 22.1. The van der Waals surface area contributed by atoms with Crippen LogP contribution in [0, 0.1) is 11.3 Å². The lowest BCUT2D eigenvalue weighted by molar-refractivity contribution is 0.261. The quantitative estimate of drug-likeness (QED) is 0.161. The molecule has 0 radical (unpaired) electrons. The second-order valence-corrected chi connectivity index (χ2v) is 13.3. The molecule has 1 aliphatic heterocycles. The van der Waals surface area contributed by atoms with Crippen molar-refractivity contribution in [2.45, 2.75) is 86.0 Å². The first-order valence-electron chi connectivity index (χ1n) is 17.4. The van der Waals surface area contributed by atoms with Gasteiger partial charge in [-0.2, -0.15) is 0 Å². The zero-order valence-electron chi connectivity index (χ0n) is 30.4. The lowest BCUT2D eigenvalue weighted by Crippen LogP contribution is -2.38. The molecule has 1 aromatic rings. The van der Waals surface area contributed by atoms with Crippen LogP contribution in [0.1, 0.15) is 91.5 Å². The van der Waals surface area contributed by atoms with Crippen molar-refractivity contribution in [3.8, 4) is 0 Å². The lowest BCUT2D eigenvalue weighted by atomic mass is 9.88. The molecule has 5 nitrogen and oxygen atoms in total. The van der Waals surface area contributed by atoms with E-state index >= 15 is 0 Å². The van der Waals surface area contributed by atoms with E-state index < -0.39 is 0 Å². The van der Waals surface area contributed by atoms with Gasteiger partial charge < -0.3 is 19.6 Å². The molecular formula is C41H61N5. The lowest BCUT2D eigenvalue weighted by Gasteiger charge is -2.37. The number of aliphatic imine (C=N–C) groups is 1. The maximum absolute atomic E-state index is 5.25. The van der Waals surface area contributed by atoms with E-state index in [2.05, 4.69) is 162 Å². The summed E-state index contributed by atoms with van der Waals surface area (Å²) in [5, 5.41) is 0. The Labute approximate surface area is 281 Å². The summed E-state index contributed by atoms with van der Waals surface area (Å²) in [6.45, 7) is 23.9. The Hall–Kier alpha value is -3.73. The van der Waals surface area contributed by atoms with Crippen molar-refractivity contribution < 1.29 is 0 Å². The molecule has 5 heteroatoms. The summed E-state index contributed by atoms with van der Waals surface area (Å²) in [6, 6.07) is 10.8. The normalized spacial score (nSPS) is 18.0. The van der Waals surface area contributed by atoms with Crippen molar-refractivity contribution >= 4 is 5.84 Å². The smallest absolute Gasteiger partial charge is 0.138 e. The second kappa shape index (κ2) is 17.3. The molecule has 0 bridgehead atoms. The molecule has 0 amide bonds. The van der Waals surface area contributed by atoms with Crippen molar-refractivity contribution in [2.75, 3.05) is 34.2 Å². The van der Waals surface area contributed by atoms with Crippen LogP contribution in [0.25, 0.3) is 0 Å². The number of rotatable bonds is 17. The van der Waals surface area contributed by atoms with E-state index in [0.29, 0.717) is 11.8 Å². The molecule has 3 rings (SSSR count). The molecule has 1 aromatic carbocycles. The fraction of sp³-hybridized carbons (Fsp3) is 0.488. The highest BCUT2D eigenvalue weighted by atomic mass is 15.4. The molecule has 0 N–H and O–H groups in total. The number of amidine groups is 1. The maximum Gasteiger partial charge on any atom is 0.138 e. The molecule has 0 spiro atoms. The Balaban J connectivity index is 2.00. The largest absolute Gasteiger partial charge is 0.358 e. The number of likely N-dealkylation sites (N-methyl/N-ethyl adjacent to an activating group) is 1. The van der Waals surface area contributed by atoms with E-state index in [1.807, 2.05) is 6.08 Å². The van der Waals surface area contributed by atoms with Gasteiger partial charge in [0.05, 0.1) is 0 Å². The summed E-state index contributed by atoms with van der Waals surface area (Å²) in [4.78, 5) is 14.5. The average Bonchev–Trinajstić information content (AvgIpc) is 3.83. The van der Waals surface area contributed by atoms with Crippen molar-refractivity contribution in [1.29, 1.82) is 0 Å². The summed E-state index contributed by atoms with van der Waals surface area (Å²) < 4.78 is 0. The second-order valence-electron chi connectivity index (χ2n) is 13.3. The predicted octanol–water partition coefficient (Wildman–Crippen LogP) is 10.1. The zero-order valence-corrected chi connectivity index (χ0v) is 30.4. The van der Waals surface area contributed by atoms with Gasteiger partial charge in [-0.05, 0) is 69.1 Å². The first-order chi connectivity index (χ1) is 22.0. The molecule has 46 heavy (non-hydrogen) atoms. The van der Waals surface area contributed by atoms with Crippen LogP contribution in [-0.4, -0.2) is 59.7 Å². The van der Waals surface area contributed by atoms with E-state index in [-0.39, 0.29) is 5.41 Å². The first-order valence-corrected chi connectivity index (χ1v) is 17.4. The Bertz CT molecular complexity index is 1350. The van der Waals surface area contributed by atoms with Crippen LogP contribution in [0.5, 0.6) is 0 Å². The molecule has 1 heterocycles. The van der Waals surface area contributed by atoms with Crippen LogP contribution >= 0.6 is 0 Å². The van der Waals surface area contributed by atoms with Gasteiger partial charge in [0.2, 0.25) is 0 Å². The molecule has 2 aliphatic rings. The van der Waals surface area contributed by atoms with Crippen molar-refractivity contribution in [3.63, 3.8) is 0 Å².